The van der Waals surface area contributed by atoms with E-state index in [-0.39, 0.29) is 36.1 Å². The molecule has 1 amide bonds. The molecule has 4 rings (SSSR count). The number of oxazole rings is 1. The van der Waals surface area contributed by atoms with Crippen LogP contribution >= 0.6 is 15.9 Å². The van der Waals surface area contributed by atoms with Crippen LogP contribution < -0.4 is 10.1 Å². The van der Waals surface area contributed by atoms with Gasteiger partial charge in [0.2, 0.25) is 5.91 Å². The number of benzene rings is 2. The summed E-state index contributed by atoms with van der Waals surface area (Å²) < 4.78 is 39.0. The van der Waals surface area contributed by atoms with Crippen LogP contribution in [-0.2, 0) is 11.2 Å². The number of nitrogens with zero attached hydrogens (tertiary/aromatic N) is 1. The molecule has 1 N–H and O–H groups in total. The largest absolute Gasteiger partial charge is 0.493 e. The zero-order chi connectivity index (χ0) is 20.4. The molecule has 1 unspecified atom stereocenters. The van der Waals surface area contributed by atoms with Gasteiger partial charge in [0.25, 0.3) is 0 Å². The summed E-state index contributed by atoms with van der Waals surface area (Å²) in [4.78, 5) is 16.5. The van der Waals surface area contributed by atoms with Gasteiger partial charge in [0.1, 0.15) is 17.4 Å². The van der Waals surface area contributed by atoms with Crippen molar-refractivity contribution in [1.29, 1.82) is 0 Å². The molecule has 1 aliphatic heterocycles. The van der Waals surface area contributed by atoms with Gasteiger partial charge in [0.15, 0.2) is 11.7 Å². The number of hydrogen-bond acceptors (Lipinski definition) is 4. The molecule has 0 bridgehead atoms. The minimum Gasteiger partial charge on any atom is -0.493 e. The Morgan fingerprint density at radius 1 is 1.24 bits per heavy atom. The number of amides is 1. The highest BCUT2D eigenvalue weighted by molar-refractivity contribution is 9.10. The first-order valence-electron chi connectivity index (χ1n) is 9.11. The van der Waals surface area contributed by atoms with Crippen LogP contribution in [0, 0.1) is 11.6 Å². The minimum atomic E-state index is -0.727. The number of hydrogen-bond donors (Lipinski definition) is 1. The quantitative estimate of drug-likeness (QED) is 0.582. The van der Waals surface area contributed by atoms with E-state index in [0.29, 0.717) is 18.9 Å². The Morgan fingerprint density at radius 2 is 2.10 bits per heavy atom. The highest BCUT2D eigenvalue weighted by atomic mass is 79.9. The fourth-order valence-corrected chi connectivity index (χ4v) is 3.62. The van der Waals surface area contributed by atoms with E-state index >= 15 is 0 Å². The van der Waals surface area contributed by atoms with Crippen molar-refractivity contribution in [3.8, 4) is 17.1 Å². The first kappa shape index (κ1) is 19.6. The molecule has 1 aliphatic rings. The van der Waals surface area contributed by atoms with Crippen molar-refractivity contribution in [3.63, 3.8) is 0 Å². The van der Waals surface area contributed by atoms with E-state index in [1.54, 1.807) is 0 Å². The maximum Gasteiger partial charge on any atom is 0.220 e. The van der Waals surface area contributed by atoms with Gasteiger partial charge in [-0.1, -0.05) is 15.9 Å². The number of carbonyl (C=O) groups excluding carboxylic acids is 1. The molecule has 2 heterocycles. The van der Waals surface area contributed by atoms with E-state index in [1.165, 1.54) is 12.3 Å². The maximum atomic E-state index is 13.9. The standard InChI is InChI=1S/C21H17BrF2N2O3/c22-12-1-4-18-15(9-12)17(7-8-28-18)26-20(27)5-6-21-25-11-19(29-21)14-3-2-13(23)10-16(14)24/h1-4,9-11,17H,5-8H2,(H,26,27). The van der Waals surface area contributed by atoms with Crippen LogP contribution in [0.1, 0.15) is 30.3 Å². The number of aryl methyl sites for hydroxylation is 1. The third-order valence-corrected chi connectivity index (χ3v) is 5.16. The van der Waals surface area contributed by atoms with E-state index in [9.17, 15) is 13.6 Å². The summed E-state index contributed by atoms with van der Waals surface area (Å²) in [6.45, 7) is 0.534. The third kappa shape index (κ3) is 4.48. The Kier molecular flexibility index (Phi) is 5.62. The Labute approximate surface area is 174 Å². The van der Waals surface area contributed by atoms with E-state index in [4.69, 9.17) is 9.15 Å². The molecule has 0 saturated carbocycles. The number of ether oxygens (including phenoxy) is 1. The fourth-order valence-electron chi connectivity index (χ4n) is 3.24. The molecule has 5 nitrogen and oxygen atoms in total. The number of aromatic nitrogens is 1. The Morgan fingerprint density at radius 3 is 2.93 bits per heavy atom. The lowest BCUT2D eigenvalue weighted by atomic mass is 10.0. The second kappa shape index (κ2) is 8.32. The molecule has 2 aromatic carbocycles. The van der Waals surface area contributed by atoms with Crippen LogP contribution in [0.15, 0.2) is 51.5 Å². The Bertz CT molecular complexity index is 1050. The van der Waals surface area contributed by atoms with Crippen molar-refractivity contribution in [2.45, 2.75) is 25.3 Å². The monoisotopic (exact) mass is 462 g/mol. The first-order valence-corrected chi connectivity index (χ1v) is 9.90. The number of nitrogens with one attached hydrogen (secondary N) is 1. The first-order chi connectivity index (χ1) is 14.0. The zero-order valence-electron chi connectivity index (χ0n) is 15.3. The lowest BCUT2D eigenvalue weighted by molar-refractivity contribution is -0.122. The highest BCUT2D eigenvalue weighted by Crippen LogP contribution is 2.34. The summed E-state index contributed by atoms with van der Waals surface area (Å²) in [7, 11) is 0. The van der Waals surface area contributed by atoms with Crippen LogP contribution in [-0.4, -0.2) is 17.5 Å². The molecule has 0 fully saturated rings. The van der Waals surface area contributed by atoms with E-state index in [2.05, 4.69) is 26.2 Å². The predicted octanol–water partition coefficient (Wildman–Crippen LogP) is 4.95. The SMILES string of the molecule is O=C(CCc1ncc(-c2ccc(F)cc2F)o1)NC1CCOc2ccc(Br)cc21. The van der Waals surface area contributed by atoms with Crippen molar-refractivity contribution >= 4 is 21.8 Å². The summed E-state index contributed by atoms with van der Waals surface area (Å²) >= 11 is 3.44. The third-order valence-electron chi connectivity index (χ3n) is 4.66. The second-order valence-electron chi connectivity index (χ2n) is 6.68. The number of carbonyl (C=O) groups is 1. The maximum absolute atomic E-state index is 13.9. The average Bonchev–Trinajstić information content (AvgIpc) is 3.15. The Balaban J connectivity index is 1.38. The second-order valence-corrected chi connectivity index (χ2v) is 7.60. The van der Waals surface area contributed by atoms with Gasteiger partial charge in [0, 0.05) is 35.4 Å². The van der Waals surface area contributed by atoms with Gasteiger partial charge in [-0.05, 0) is 30.3 Å². The lowest BCUT2D eigenvalue weighted by Crippen LogP contribution is -2.32. The average molecular weight is 463 g/mol. The predicted molar refractivity (Wildman–Crippen MR) is 105 cm³/mol. The molecule has 1 atom stereocenters. The van der Waals surface area contributed by atoms with Crippen LogP contribution in [0.3, 0.4) is 0 Å². The summed E-state index contributed by atoms with van der Waals surface area (Å²) in [5.74, 6) is -0.256. The molecule has 1 aromatic heterocycles. The minimum absolute atomic E-state index is 0.124. The number of halogens is 3. The van der Waals surface area contributed by atoms with Gasteiger partial charge in [0.05, 0.1) is 24.4 Å². The molecule has 150 valence electrons. The molecular weight excluding hydrogens is 446 g/mol. The topological polar surface area (TPSA) is 64.4 Å². The van der Waals surface area contributed by atoms with Crippen molar-refractivity contribution < 1.29 is 22.7 Å². The highest BCUT2D eigenvalue weighted by Gasteiger charge is 2.23. The van der Waals surface area contributed by atoms with Gasteiger partial charge in [-0.2, -0.15) is 0 Å². The molecule has 0 spiro atoms. The van der Waals surface area contributed by atoms with E-state index in [0.717, 1.165) is 27.9 Å². The summed E-state index contributed by atoms with van der Waals surface area (Å²) in [6.07, 6.45) is 2.49. The zero-order valence-corrected chi connectivity index (χ0v) is 16.8. The van der Waals surface area contributed by atoms with Crippen LogP contribution in [0.2, 0.25) is 0 Å². The van der Waals surface area contributed by atoms with Gasteiger partial charge < -0.3 is 14.5 Å². The lowest BCUT2D eigenvalue weighted by Gasteiger charge is -2.27. The fraction of sp³-hybridized carbons (Fsp3) is 0.238. The van der Waals surface area contributed by atoms with E-state index < -0.39 is 11.6 Å². The van der Waals surface area contributed by atoms with E-state index in [1.807, 2.05) is 18.2 Å². The normalized spacial score (nSPS) is 15.5. The summed E-state index contributed by atoms with van der Waals surface area (Å²) in [5, 5.41) is 3.02. The van der Waals surface area contributed by atoms with Gasteiger partial charge in [-0.15, -0.1) is 0 Å². The summed E-state index contributed by atoms with van der Waals surface area (Å²) in [6, 6.07) is 8.82. The number of rotatable bonds is 5. The van der Waals surface area contributed by atoms with Crippen LogP contribution in [0.5, 0.6) is 5.75 Å². The molecule has 3 aromatic rings. The molecule has 0 saturated heterocycles. The Hall–Kier alpha value is -2.74. The molecular formula is C21H17BrF2N2O3. The van der Waals surface area contributed by atoms with Crippen molar-refractivity contribution in [1.82, 2.24) is 10.3 Å². The van der Waals surface area contributed by atoms with Crippen LogP contribution in [0.25, 0.3) is 11.3 Å². The van der Waals surface area contributed by atoms with Crippen LogP contribution in [0.4, 0.5) is 8.78 Å². The molecule has 0 radical (unpaired) electrons. The van der Waals surface area contributed by atoms with Crippen molar-refractivity contribution in [2.24, 2.45) is 0 Å². The van der Waals surface area contributed by atoms with Crippen molar-refractivity contribution in [2.75, 3.05) is 6.61 Å². The van der Waals surface area contributed by atoms with Gasteiger partial charge in [-0.3, -0.25) is 4.79 Å². The molecule has 0 aliphatic carbocycles. The number of fused-ring (bicyclic) bond motifs is 1. The molecule has 8 heteroatoms. The van der Waals surface area contributed by atoms with Gasteiger partial charge in [-0.25, -0.2) is 13.8 Å². The smallest absolute Gasteiger partial charge is 0.220 e. The molecule has 29 heavy (non-hydrogen) atoms. The van der Waals surface area contributed by atoms with Crippen molar-refractivity contribution in [3.05, 3.63) is 70.2 Å². The van der Waals surface area contributed by atoms with Gasteiger partial charge >= 0.3 is 0 Å². The summed E-state index contributed by atoms with van der Waals surface area (Å²) in [5.41, 5.74) is 1.06.